The van der Waals surface area contributed by atoms with Gasteiger partial charge in [-0.2, -0.15) is 0 Å². The summed E-state index contributed by atoms with van der Waals surface area (Å²) in [7, 11) is 0. The van der Waals surface area contributed by atoms with Crippen molar-refractivity contribution in [1.29, 1.82) is 0 Å². The van der Waals surface area contributed by atoms with Crippen LogP contribution in [0.15, 0.2) is 165 Å². The minimum Gasteiger partial charge on any atom is -0.455 e. The Bertz CT molecular complexity index is 2810. The van der Waals surface area contributed by atoms with Gasteiger partial charge in [0.1, 0.15) is 11.3 Å². The lowest BCUT2D eigenvalue weighted by atomic mass is 9.77. The smallest absolute Gasteiger partial charge is 0.251 e. The maximum Gasteiger partial charge on any atom is 0.251 e. The highest BCUT2D eigenvalue weighted by Gasteiger charge is 2.41. The van der Waals surface area contributed by atoms with Crippen molar-refractivity contribution in [2.75, 3.05) is 0 Å². The predicted octanol–water partition coefficient (Wildman–Crippen LogP) is 10.2. The van der Waals surface area contributed by atoms with Crippen LogP contribution in [0.3, 0.4) is 0 Å². The Labute approximate surface area is 332 Å². The molecule has 4 aromatic heterocycles. The second kappa shape index (κ2) is 14.7. The molecule has 274 valence electrons. The highest BCUT2D eigenvalue weighted by atomic mass is 79.9. The van der Waals surface area contributed by atoms with Crippen molar-refractivity contribution in [3.8, 4) is 22.7 Å². The molecule has 0 unspecified atom stereocenters. The topological polar surface area (TPSA) is 91.6 Å². The van der Waals surface area contributed by atoms with Crippen LogP contribution in [0.2, 0.25) is 0 Å². The molecule has 0 radical (unpaired) electrons. The summed E-state index contributed by atoms with van der Waals surface area (Å²) in [6.07, 6.45) is 1.59. The van der Waals surface area contributed by atoms with E-state index in [4.69, 9.17) is 24.8 Å². The van der Waals surface area contributed by atoms with Crippen molar-refractivity contribution in [3.63, 3.8) is 0 Å². The molecule has 8 nitrogen and oxygen atoms in total. The third-order valence-electron chi connectivity index (χ3n) is 10.5. The molecule has 4 heterocycles. The summed E-state index contributed by atoms with van der Waals surface area (Å²) in [4.78, 5) is 19.9. The van der Waals surface area contributed by atoms with E-state index in [-0.39, 0.29) is 5.56 Å². The molecule has 0 aliphatic heterocycles. The Morgan fingerprint density at radius 1 is 0.679 bits per heavy atom. The molecule has 0 N–H and O–H groups in total. The molecule has 0 atom stereocenters. The Morgan fingerprint density at radius 2 is 1.30 bits per heavy atom. The van der Waals surface area contributed by atoms with Gasteiger partial charge in [-0.15, -0.1) is 15.0 Å². The largest absolute Gasteiger partial charge is 0.455 e. The lowest BCUT2D eigenvalue weighted by molar-refractivity contribution is 0.396. The van der Waals surface area contributed by atoms with Crippen LogP contribution in [0, 0.1) is 0 Å². The number of halogens is 1. The third kappa shape index (κ3) is 5.95. The number of hydrogen-bond donors (Lipinski definition) is 0. The molecule has 0 fully saturated rings. The van der Waals surface area contributed by atoms with Crippen molar-refractivity contribution >= 4 is 37.8 Å². The summed E-state index contributed by atoms with van der Waals surface area (Å²) < 4.78 is 9.23. The summed E-state index contributed by atoms with van der Waals surface area (Å²) >= 11 is 3.90. The predicted molar refractivity (Wildman–Crippen MR) is 225 cm³/mol. The lowest BCUT2D eigenvalue weighted by Crippen LogP contribution is -2.39. The standard InChI is InChI=1S/C47H37BrN6O2/c1-3-35-29-41-38(40(4-2)49-35)25-27-43(55)53(41)30-31-24-26-42-39(28-31)44(48)45(56-42)36-22-14-15-23-37(36)46-50-52-54(51-46)47(32-16-8-5-9-17-32,33-18-10-6-11-19-33)34-20-12-7-13-21-34/h5-29H,3-4,30H2,1-2H3. The molecule has 56 heavy (non-hydrogen) atoms. The second-order valence-electron chi connectivity index (χ2n) is 13.8. The third-order valence-corrected chi connectivity index (χ3v) is 11.3. The number of pyridine rings is 2. The van der Waals surface area contributed by atoms with E-state index in [2.05, 4.69) is 72.2 Å². The average Bonchev–Trinajstić information content (AvgIpc) is 3.88. The number of tetrazole rings is 1. The van der Waals surface area contributed by atoms with E-state index in [9.17, 15) is 4.79 Å². The maximum atomic E-state index is 13.3. The first-order valence-corrected chi connectivity index (χ1v) is 19.6. The van der Waals surface area contributed by atoms with E-state index in [1.54, 1.807) is 10.9 Å². The van der Waals surface area contributed by atoms with Gasteiger partial charge in [0.2, 0.25) is 5.82 Å². The molecule has 0 amide bonds. The van der Waals surface area contributed by atoms with Crippen molar-refractivity contribution < 1.29 is 4.42 Å². The van der Waals surface area contributed by atoms with Gasteiger partial charge in [0, 0.05) is 39.4 Å². The highest BCUT2D eigenvalue weighted by molar-refractivity contribution is 9.10. The quantitative estimate of drug-likeness (QED) is 0.128. The number of furan rings is 1. The summed E-state index contributed by atoms with van der Waals surface area (Å²) in [6.45, 7) is 4.60. The van der Waals surface area contributed by atoms with Gasteiger partial charge in [-0.05, 0) is 80.5 Å². The van der Waals surface area contributed by atoms with Gasteiger partial charge in [-0.3, -0.25) is 9.78 Å². The number of hydrogen-bond acceptors (Lipinski definition) is 6. The molecule has 9 rings (SSSR count). The zero-order valence-electron chi connectivity index (χ0n) is 30.9. The first-order chi connectivity index (χ1) is 27.5. The van der Waals surface area contributed by atoms with E-state index < -0.39 is 5.54 Å². The molecule has 5 aromatic carbocycles. The van der Waals surface area contributed by atoms with Gasteiger partial charge >= 0.3 is 0 Å². The number of aryl methyl sites for hydroxylation is 2. The van der Waals surface area contributed by atoms with Gasteiger partial charge in [-0.1, -0.05) is 135 Å². The van der Waals surface area contributed by atoms with Crippen LogP contribution < -0.4 is 5.56 Å². The molecule has 0 saturated carbocycles. The molecule has 0 aliphatic rings. The Morgan fingerprint density at radius 3 is 1.93 bits per heavy atom. The fourth-order valence-corrected chi connectivity index (χ4v) is 8.43. The fraction of sp³-hybridized carbons (Fsp3) is 0.128. The number of fused-ring (bicyclic) bond motifs is 2. The second-order valence-corrected chi connectivity index (χ2v) is 14.6. The zero-order valence-corrected chi connectivity index (χ0v) is 32.5. The minimum atomic E-state index is -0.904. The molecular formula is C47H37BrN6O2. The van der Waals surface area contributed by atoms with Gasteiger partial charge < -0.3 is 8.98 Å². The van der Waals surface area contributed by atoms with E-state index in [1.807, 2.05) is 108 Å². The van der Waals surface area contributed by atoms with Crippen LogP contribution in [0.5, 0.6) is 0 Å². The minimum absolute atomic E-state index is 0.0508. The Balaban J connectivity index is 1.14. The molecule has 0 aliphatic carbocycles. The van der Waals surface area contributed by atoms with Crippen LogP contribution in [0.25, 0.3) is 44.6 Å². The highest BCUT2D eigenvalue weighted by Crippen LogP contribution is 2.43. The van der Waals surface area contributed by atoms with E-state index >= 15 is 0 Å². The normalized spacial score (nSPS) is 11.8. The van der Waals surface area contributed by atoms with Crippen LogP contribution in [-0.4, -0.2) is 29.8 Å². The Hall–Kier alpha value is -6.45. The summed E-state index contributed by atoms with van der Waals surface area (Å²) in [5.74, 6) is 1.11. The summed E-state index contributed by atoms with van der Waals surface area (Å²) in [5.41, 5.74) is 8.23. The van der Waals surface area contributed by atoms with Gasteiger partial charge in [0.05, 0.1) is 16.5 Å². The van der Waals surface area contributed by atoms with Crippen LogP contribution in [-0.2, 0) is 24.9 Å². The van der Waals surface area contributed by atoms with E-state index in [0.29, 0.717) is 23.7 Å². The number of rotatable bonds is 10. The molecule has 0 saturated heterocycles. The summed E-state index contributed by atoms with van der Waals surface area (Å²) in [5, 5.41) is 16.6. The number of nitrogens with zero attached hydrogens (tertiary/aromatic N) is 6. The number of benzene rings is 5. The first kappa shape index (κ1) is 35.3. The van der Waals surface area contributed by atoms with Gasteiger partial charge in [-0.25, -0.2) is 0 Å². The molecule has 9 heteroatoms. The van der Waals surface area contributed by atoms with Crippen molar-refractivity contribution in [3.05, 3.63) is 200 Å². The monoisotopic (exact) mass is 796 g/mol. The average molecular weight is 798 g/mol. The lowest BCUT2D eigenvalue weighted by Gasteiger charge is -2.34. The van der Waals surface area contributed by atoms with E-state index in [1.165, 1.54) is 0 Å². The molecule has 0 bridgehead atoms. The van der Waals surface area contributed by atoms with Gasteiger partial charge in [0.25, 0.3) is 5.56 Å². The van der Waals surface area contributed by atoms with E-state index in [0.717, 1.165) is 78.4 Å². The summed E-state index contributed by atoms with van der Waals surface area (Å²) in [6, 6.07) is 50.5. The number of aromatic nitrogens is 6. The fourth-order valence-electron chi connectivity index (χ4n) is 7.82. The molecular weight excluding hydrogens is 760 g/mol. The van der Waals surface area contributed by atoms with Crippen LogP contribution in [0.1, 0.15) is 47.5 Å². The Kier molecular flexibility index (Phi) is 9.23. The first-order valence-electron chi connectivity index (χ1n) is 18.8. The SMILES string of the molecule is CCc1cc2c(ccc(=O)n2Cc2ccc3oc(-c4ccccc4-c4nnn(C(c5ccccc5)(c5ccccc5)c5ccccc5)n4)c(Br)c3c2)c(CC)n1. The molecule has 0 spiro atoms. The van der Waals surface area contributed by atoms with Crippen LogP contribution in [0.4, 0.5) is 0 Å². The molecule has 9 aromatic rings. The maximum absolute atomic E-state index is 13.3. The van der Waals surface area contributed by atoms with Crippen LogP contribution >= 0.6 is 15.9 Å². The van der Waals surface area contributed by atoms with Crippen molar-refractivity contribution in [1.82, 2.24) is 29.8 Å². The van der Waals surface area contributed by atoms with Crippen molar-refractivity contribution in [2.24, 2.45) is 0 Å². The van der Waals surface area contributed by atoms with Gasteiger partial charge in [0.15, 0.2) is 5.54 Å². The zero-order chi connectivity index (χ0) is 38.2. The van der Waals surface area contributed by atoms with Crippen molar-refractivity contribution in [2.45, 2.75) is 38.8 Å².